The normalized spacial score (nSPS) is 10.6. The second-order valence-electron chi connectivity index (χ2n) is 2.83. The van der Waals surface area contributed by atoms with Crippen LogP contribution in [0.4, 0.5) is 0 Å². The maximum Gasteiger partial charge on any atom is 0.159 e. The predicted octanol–water partition coefficient (Wildman–Crippen LogP) is 2.63. The van der Waals surface area contributed by atoms with E-state index in [1.807, 2.05) is 13.0 Å². The molecule has 0 spiro atoms. The van der Waals surface area contributed by atoms with Gasteiger partial charge in [-0.1, -0.05) is 12.2 Å². The molecule has 0 saturated carbocycles. The summed E-state index contributed by atoms with van der Waals surface area (Å²) in [5.41, 5.74) is 1.29. The van der Waals surface area contributed by atoms with Crippen molar-refractivity contribution in [3.05, 3.63) is 35.4 Å². The van der Waals surface area contributed by atoms with Gasteiger partial charge in [0.25, 0.3) is 0 Å². The summed E-state index contributed by atoms with van der Waals surface area (Å²) in [4.78, 5) is 11.0. The number of carbonyl (C=O) groups excluding carboxylic acids is 1. The number of Topliss-reactive ketones (excluding diaryl/α,β-unsaturated/α-hetero) is 1. The molecule has 1 rings (SSSR count). The van der Waals surface area contributed by atoms with E-state index in [1.165, 1.54) is 13.0 Å². The van der Waals surface area contributed by atoms with E-state index in [1.54, 1.807) is 18.2 Å². The van der Waals surface area contributed by atoms with Gasteiger partial charge in [-0.25, -0.2) is 0 Å². The number of hydrogen-bond acceptors (Lipinski definition) is 2. The molecule has 0 radical (unpaired) electrons. The fourth-order valence-corrected chi connectivity index (χ4v) is 1.09. The lowest BCUT2D eigenvalue weighted by atomic mass is 10.1. The van der Waals surface area contributed by atoms with Crippen LogP contribution < -0.4 is 0 Å². The number of phenols is 1. The van der Waals surface area contributed by atoms with Crippen molar-refractivity contribution in [1.29, 1.82) is 0 Å². The summed E-state index contributed by atoms with van der Waals surface area (Å²) in [6.07, 6.45) is 3.58. The Balaban J connectivity index is 3.18. The van der Waals surface area contributed by atoms with Crippen LogP contribution in [0, 0.1) is 0 Å². The van der Waals surface area contributed by atoms with Crippen molar-refractivity contribution in [2.75, 3.05) is 0 Å². The van der Waals surface area contributed by atoms with E-state index in [4.69, 9.17) is 0 Å². The van der Waals surface area contributed by atoms with Gasteiger partial charge in [0.2, 0.25) is 0 Å². The van der Waals surface area contributed by atoms with E-state index in [2.05, 4.69) is 0 Å². The Bertz CT molecular complexity index is 351. The molecule has 0 bridgehead atoms. The summed E-state index contributed by atoms with van der Waals surface area (Å²) >= 11 is 0. The number of hydrogen-bond donors (Lipinski definition) is 1. The Hall–Kier alpha value is -1.57. The monoisotopic (exact) mass is 176 g/mol. The van der Waals surface area contributed by atoms with Crippen LogP contribution in [0.3, 0.4) is 0 Å². The molecule has 0 aliphatic heterocycles. The lowest BCUT2D eigenvalue weighted by Gasteiger charge is -2.00. The van der Waals surface area contributed by atoms with Gasteiger partial charge >= 0.3 is 0 Å². The highest BCUT2D eigenvalue weighted by Gasteiger charge is 2.02. The fraction of sp³-hybridized carbons (Fsp3) is 0.182. The summed E-state index contributed by atoms with van der Waals surface area (Å²) < 4.78 is 0. The first-order valence-corrected chi connectivity index (χ1v) is 4.12. The highest BCUT2D eigenvalue weighted by atomic mass is 16.3. The van der Waals surface area contributed by atoms with Gasteiger partial charge in [0.05, 0.1) is 0 Å². The van der Waals surface area contributed by atoms with Crippen molar-refractivity contribution in [3.63, 3.8) is 0 Å². The van der Waals surface area contributed by atoms with Crippen LogP contribution in [0.15, 0.2) is 24.3 Å². The van der Waals surface area contributed by atoms with Gasteiger partial charge in [0.15, 0.2) is 5.78 Å². The quantitative estimate of drug-likeness (QED) is 0.703. The molecular formula is C11H12O2. The van der Waals surface area contributed by atoms with E-state index < -0.39 is 0 Å². The third-order valence-electron chi connectivity index (χ3n) is 1.78. The Kier molecular flexibility index (Phi) is 2.85. The number of benzene rings is 1. The zero-order valence-corrected chi connectivity index (χ0v) is 7.74. The Morgan fingerprint density at radius 2 is 2.15 bits per heavy atom. The van der Waals surface area contributed by atoms with Crippen LogP contribution in [0.2, 0.25) is 0 Å². The third kappa shape index (κ3) is 2.18. The van der Waals surface area contributed by atoms with Crippen molar-refractivity contribution in [2.24, 2.45) is 0 Å². The van der Waals surface area contributed by atoms with E-state index in [0.717, 1.165) is 0 Å². The maximum absolute atomic E-state index is 11.0. The Morgan fingerprint density at radius 3 is 2.69 bits per heavy atom. The molecule has 1 aromatic carbocycles. The Labute approximate surface area is 77.5 Å². The van der Waals surface area contributed by atoms with Crippen LogP contribution in [0.5, 0.6) is 5.75 Å². The van der Waals surface area contributed by atoms with Gasteiger partial charge in [-0.3, -0.25) is 4.79 Å². The Morgan fingerprint density at radius 1 is 1.46 bits per heavy atom. The molecule has 13 heavy (non-hydrogen) atoms. The average Bonchev–Trinajstić information content (AvgIpc) is 2.08. The number of carbonyl (C=O) groups is 1. The average molecular weight is 176 g/mol. The summed E-state index contributed by atoms with van der Waals surface area (Å²) in [7, 11) is 0. The van der Waals surface area contributed by atoms with Gasteiger partial charge in [0.1, 0.15) is 5.75 Å². The van der Waals surface area contributed by atoms with Gasteiger partial charge in [-0.2, -0.15) is 0 Å². The molecule has 0 aromatic heterocycles. The van der Waals surface area contributed by atoms with Crippen molar-refractivity contribution in [2.45, 2.75) is 13.8 Å². The first-order chi connectivity index (χ1) is 6.15. The smallest absolute Gasteiger partial charge is 0.159 e. The molecule has 0 saturated heterocycles. The van der Waals surface area contributed by atoms with E-state index >= 15 is 0 Å². The van der Waals surface area contributed by atoms with Crippen LogP contribution >= 0.6 is 0 Å². The van der Waals surface area contributed by atoms with Crippen molar-refractivity contribution >= 4 is 11.9 Å². The maximum atomic E-state index is 11.0. The molecule has 2 heteroatoms. The number of rotatable bonds is 2. The predicted molar refractivity (Wildman–Crippen MR) is 52.8 cm³/mol. The topological polar surface area (TPSA) is 37.3 Å². The van der Waals surface area contributed by atoms with Crippen LogP contribution in [-0.4, -0.2) is 10.9 Å². The molecule has 1 aromatic rings. The molecular weight excluding hydrogens is 164 g/mol. The molecule has 2 nitrogen and oxygen atoms in total. The molecule has 0 aliphatic carbocycles. The van der Waals surface area contributed by atoms with Gasteiger partial charge < -0.3 is 5.11 Å². The summed E-state index contributed by atoms with van der Waals surface area (Å²) in [5.74, 6) is 0.203. The van der Waals surface area contributed by atoms with Crippen LogP contribution in [0.1, 0.15) is 29.8 Å². The fourth-order valence-electron chi connectivity index (χ4n) is 1.09. The minimum Gasteiger partial charge on any atom is -0.507 e. The molecule has 68 valence electrons. The minimum atomic E-state index is 0.00533. The zero-order chi connectivity index (χ0) is 9.84. The lowest BCUT2D eigenvalue weighted by Crippen LogP contribution is -1.91. The summed E-state index contributed by atoms with van der Waals surface area (Å²) in [6.45, 7) is 3.37. The number of phenolic OH excluding ortho intramolecular Hbond substituents is 1. The van der Waals surface area contributed by atoms with E-state index in [-0.39, 0.29) is 11.5 Å². The second kappa shape index (κ2) is 3.90. The lowest BCUT2D eigenvalue weighted by molar-refractivity contribution is 0.101. The van der Waals surface area contributed by atoms with Gasteiger partial charge in [0, 0.05) is 11.1 Å². The number of allylic oxidation sites excluding steroid dienone is 1. The highest BCUT2D eigenvalue weighted by molar-refractivity contribution is 5.94. The zero-order valence-electron chi connectivity index (χ0n) is 7.74. The molecule has 0 heterocycles. The van der Waals surface area contributed by atoms with Crippen LogP contribution in [-0.2, 0) is 0 Å². The van der Waals surface area contributed by atoms with E-state index in [9.17, 15) is 9.90 Å². The third-order valence-corrected chi connectivity index (χ3v) is 1.78. The molecule has 0 fully saturated rings. The highest BCUT2D eigenvalue weighted by Crippen LogP contribution is 2.20. The summed E-state index contributed by atoms with van der Waals surface area (Å²) in [6, 6.07) is 4.83. The summed E-state index contributed by atoms with van der Waals surface area (Å²) in [5, 5.41) is 9.39. The van der Waals surface area contributed by atoms with Crippen molar-refractivity contribution in [1.82, 2.24) is 0 Å². The molecule has 1 N–H and O–H groups in total. The number of ketones is 1. The largest absolute Gasteiger partial charge is 0.507 e. The molecule has 0 atom stereocenters. The second-order valence-corrected chi connectivity index (χ2v) is 2.83. The van der Waals surface area contributed by atoms with Gasteiger partial charge in [-0.05, 0) is 32.0 Å². The first kappa shape index (κ1) is 9.52. The molecule has 0 unspecified atom stereocenters. The van der Waals surface area contributed by atoms with E-state index in [0.29, 0.717) is 11.1 Å². The van der Waals surface area contributed by atoms with Crippen molar-refractivity contribution < 1.29 is 9.90 Å². The number of aromatic hydroxyl groups is 1. The van der Waals surface area contributed by atoms with Gasteiger partial charge in [-0.15, -0.1) is 0 Å². The first-order valence-electron chi connectivity index (χ1n) is 4.12. The van der Waals surface area contributed by atoms with Crippen molar-refractivity contribution in [3.8, 4) is 5.75 Å². The SMILES string of the molecule is CC=Cc1cc(C(C)=O)ccc1O. The van der Waals surface area contributed by atoms with Crippen LogP contribution in [0.25, 0.3) is 6.08 Å². The minimum absolute atomic E-state index is 0.00533. The standard InChI is InChI=1S/C11H12O2/c1-3-4-10-7-9(8(2)12)5-6-11(10)13/h3-7,13H,1-2H3. The molecule has 0 aliphatic rings. The molecule has 0 amide bonds.